The van der Waals surface area contributed by atoms with Crippen molar-refractivity contribution < 1.29 is 14.7 Å². The fraction of sp³-hybridized carbons (Fsp3) is 0.857. The third-order valence-electron chi connectivity index (χ3n) is 5.21. The fourth-order valence-corrected chi connectivity index (χ4v) is 4.49. The summed E-state index contributed by atoms with van der Waals surface area (Å²) in [6.07, 6.45) is 7.46. The number of carboxylic acid groups (broad SMARTS) is 1. The molecule has 0 bridgehead atoms. The lowest BCUT2D eigenvalue weighted by Gasteiger charge is -2.25. The van der Waals surface area contributed by atoms with E-state index in [1.165, 1.54) is 0 Å². The number of hydrogen-bond donors (Lipinski definition) is 2. The van der Waals surface area contributed by atoms with Crippen molar-refractivity contribution >= 4 is 23.8 Å². The molecule has 2 aliphatic carbocycles. The zero-order valence-electron chi connectivity index (χ0n) is 11.8. The third kappa shape index (κ3) is 2.38. The minimum absolute atomic E-state index is 0.161. The summed E-state index contributed by atoms with van der Waals surface area (Å²) in [5.41, 5.74) is 0. The Morgan fingerprint density at radius 3 is 2.75 bits per heavy atom. The normalized spacial score (nSPS) is 33.9. The molecule has 2 N–H and O–H groups in total. The number of aliphatic carboxylic acids is 1. The van der Waals surface area contributed by atoms with E-state index in [0.717, 1.165) is 32.1 Å². The van der Waals surface area contributed by atoms with Crippen LogP contribution < -0.4 is 5.32 Å². The molecule has 112 valence electrons. The Hall–Kier alpha value is -0.910. The van der Waals surface area contributed by atoms with Gasteiger partial charge in [-0.05, 0) is 43.8 Å². The number of likely N-dealkylation sites (tertiary alicyclic amines) is 1. The van der Waals surface area contributed by atoms with E-state index in [1.807, 2.05) is 0 Å². The summed E-state index contributed by atoms with van der Waals surface area (Å²) in [7, 11) is 0. The summed E-state index contributed by atoms with van der Waals surface area (Å²) in [5, 5.41) is 12.4. The highest BCUT2D eigenvalue weighted by molar-refractivity contribution is 8.00. The Balaban J connectivity index is 1.63. The predicted octanol–water partition coefficient (Wildman–Crippen LogP) is 1.78. The first kappa shape index (κ1) is 14.0. The van der Waals surface area contributed by atoms with Crippen molar-refractivity contribution in [3.63, 3.8) is 0 Å². The molecule has 3 rings (SSSR count). The van der Waals surface area contributed by atoms with Crippen molar-refractivity contribution in [3.05, 3.63) is 0 Å². The molecule has 2 saturated carbocycles. The average molecular weight is 298 g/mol. The van der Waals surface area contributed by atoms with Gasteiger partial charge in [0.1, 0.15) is 6.04 Å². The predicted molar refractivity (Wildman–Crippen MR) is 77.8 cm³/mol. The summed E-state index contributed by atoms with van der Waals surface area (Å²) in [6, 6.07) is -0.806. The van der Waals surface area contributed by atoms with Gasteiger partial charge >= 0.3 is 12.0 Å². The first-order chi connectivity index (χ1) is 9.56. The smallest absolute Gasteiger partial charge is 0.326 e. The minimum atomic E-state index is -0.847. The zero-order valence-corrected chi connectivity index (χ0v) is 12.6. The van der Waals surface area contributed by atoms with Crippen LogP contribution in [-0.2, 0) is 4.79 Å². The number of thioether (sulfide) groups is 1. The highest BCUT2D eigenvalue weighted by atomic mass is 32.2. The van der Waals surface area contributed by atoms with Crippen molar-refractivity contribution in [1.82, 2.24) is 10.2 Å². The van der Waals surface area contributed by atoms with E-state index >= 15 is 0 Å². The number of hydrogen-bond acceptors (Lipinski definition) is 3. The van der Waals surface area contributed by atoms with Crippen molar-refractivity contribution in [2.45, 2.75) is 42.9 Å². The topological polar surface area (TPSA) is 69.6 Å². The van der Waals surface area contributed by atoms with Gasteiger partial charge in [-0.25, -0.2) is 9.59 Å². The minimum Gasteiger partial charge on any atom is -0.480 e. The van der Waals surface area contributed by atoms with Crippen LogP contribution >= 0.6 is 11.8 Å². The van der Waals surface area contributed by atoms with Gasteiger partial charge in [0.15, 0.2) is 0 Å². The zero-order chi connectivity index (χ0) is 14.3. The second kappa shape index (κ2) is 5.13. The maximum Gasteiger partial charge on any atom is 0.326 e. The molecule has 5 nitrogen and oxygen atoms in total. The van der Waals surface area contributed by atoms with Crippen LogP contribution in [0.15, 0.2) is 0 Å². The Labute approximate surface area is 123 Å². The van der Waals surface area contributed by atoms with E-state index in [-0.39, 0.29) is 16.7 Å². The summed E-state index contributed by atoms with van der Waals surface area (Å²) >= 11 is 1.80. The van der Waals surface area contributed by atoms with Gasteiger partial charge in [-0.2, -0.15) is 11.8 Å². The Bertz CT molecular complexity index is 425. The van der Waals surface area contributed by atoms with E-state index in [2.05, 4.69) is 11.6 Å². The second-order valence-electron chi connectivity index (χ2n) is 6.34. The largest absolute Gasteiger partial charge is 0.480 e. The molecule has 1 aliphatic heterocycles. The molecule has 0 spiro atoms. The molecular formula is C14H22N2O3S. The van der Waals surface area contributed by atoms with Crippen LogP contribution in [0.3, 0.4) is 0 Å². The number of carbonyl (C=O) groups excluding carboxylic acids is 1. The number of carbonyl (C=O) groups is 2. The Morgan fingerprint density at radius 1 is 1.40 bits per heavy atom. The number of urea groups is 1. The van der Waals surface area contributed by atoms with Gasteiger partial charge in [0.25, 0.3) is 0 Å². The number of nitrogens with zero attached hydrogens (tertiary/aromatic N) is 1. The van der Waals surface area contributed by atoms with Gasteiger partial charge in [0.05, 0.1) is 0 Å². The molecule has 20 heavy (non-hydrogen) atoms. The quantitative estimate of drug-likeness (QED) is 0.830. The van der Waals surface area contributed by atoms with Crippen molar-refractivity contribution in [2.75, 3.05) is 19.3 Å². The van der Waals surface area contributed by atoms with Crippen LogP contribution in [0.25, 0.3) is 0 Å². The first-order valence-electron chi connectivity index (χ1n) is 7.39. The number of amides is 2. The van der Waals surface area contributed by atoms with Crippen molar-refractivity contribution in [1.29, 1.82) is 0 Å². The third-order valence-corrected chi connectivity index (χ3v) is 6.63. The SMILES string of the molecule is CSC1(CNC(=O)N2CC3CCCC3C2C(=O)O)CC1. The molecule has 3 fully saturated rings. The maximum atomic E-state index is 12.3. The lowest BCUT2D eigenvalue weighted by molar-refractivity contribution is -0.142. The Kier molecular flexibility index (Phi) is 3.60. The molecular weight excluding hydrogens is 276 g/mol. The summed E-state index contributed by atoms with van der Waals surface area (Å²) < 4.78 is 0.212. The van der Waals surface area contributed by atoms with Crippen LogP contribution in [0.1, 0.15) is 32.1 Å². The summed E-state index contributed by atoms with van der Waals surface area (Å²) in [4.78, 5) is 25.4. The lowest BCUT2D eigenvalue weighted by atomic mass is 9.94. The second-order valence-corrected chi connectivity index (χ2v) is 7.61. The monoisotopic (exact) mass is 298 g/mol. The van der Waals surface area contributed by atoms with Crippen molar-refractivity contribution in [3.8, 4) is 0 Å². The van der Waals surface area contributed by atoms with Gasteiger partial charge in [0, 0.05) is 17.8 Å². The number of nitrogens with one attached hydrogen (secondary N) is 1. The molecule has 3 atom stereocenters. The van der Waals surface area contributed by atoms with Crippen LogP contribution in [0.2, 0.25) is 0 Å². The Morgan fingerprint density at radius 2 is 2.15 bits per heavy atom. The molecule has 2 amide bonds. The average Bonchev–Trinajstić information content (AvgIpc) is 2.89. The van der Waals surface area contributed by atoms with E-state index < -0.39 is 12.0 Å². The van der Waals surface area contributed by atoms with E-state index in [0.29, 0.717) is 19.0 Å². The molecule has 1 saturated heterocycles. The number of rotatable bonds is 4. The molecule has 1 heterocycles. The molecule has 3 aliphatic rings. The van der Waals surface area contributed by atoms with Gasteiger partial charge in [-0.1, -0.05) is 6.42 Å². The highest BCUT2D eigenvalue weighted by Crippen LogP contribution is 2.46. The van der Waals surface area contributed by atoms with Crippen LogP contribution in [0.5, 0.6) is 0 Å². The van der Waals surface area contributed by atoms with Crippen LogP contribution in [-0.4, -0.2) is 52.1 Å². The number of carboxylic acids is 1. The van der Waals surface area contributed by atoms with Gasteiger partial charge < -0.3 is 15.3 Å². The molecule has 0 aromatic rings. The van der Waals surface area contributed by atoms with Gasteiger partial charge in [0.2, 0.25) is 0 Å². The maximum absolute atomic E-state index is 12.3. The van der Waals surface area contributed by atoms with E-state index in [1.54, 1.807) is 16.7 Å². The highest BCUT2D eigenvalue weighted by Gasteiger charge is 2.50. The number of fused-ring (bicyclic) bond motifs is 1. The van der Waals surface area contributed by atoms with Crippen LogP contribution in [0.4, 0.5) is 4.79 Å². The summed E-state index contributed by atoms with van der Waals surface area (Å²) in [6.45, 7) is 1.27. The molecule has 6 heteroatoms. The lowest BCUT2D eigenvalue weighted by Crippen LogP contribution is -2.49. The van der Waals surface area contributed by atoms with Gasteiger partial charge in [-0.15, -0.1) is 0 Å². The molecule has 0 aromatic heterocycles. The first-order valence-corrected chi connectivity index (χ1v) is 8.61. The van der Waals surface area contributed by atoms with Crippen LogP contribution in [0, 0.1) is 11.8 Å². The molecule has 0 aromatic carbocycles. The summed E-state index contributed by atoms with van der Waals surface area (Å²) in [5.74, 6) is -0.300. The van der Waals surface area contributed by atoms with E-state index in [9.17, 15) is 14.7 Å². The van der Waals surface area contributed by atoms with Gasteiger partial charge in [-0.3, -0.25) is 0 Å². The molecule has 0 radical (unpaired) electrons. The standard InChI is InChI=1S/C14H22N2O3S/c1-20-14(5-6-14)8-15-13(19)16-7-9-3-2-4-10(9)11(16)12(17)18/h9-11H,2-8H2,1H3,(H,15,19)(H,17,18). The molecule has 3 unspecified atom stereocenters. The van der Waals surface area contributed by atoms with Crippen molar-refractivity contribution in [2.24, 2.45) is 11.8 Å². The van der Waals surface area contributed by atoms with E-state index in [4.69, 9.17) is 0 Å². The fourth-order valence-electron chi connectivity index (χ4n) is 3.76.